The molecule has 0 aliphatic carbocycles. The van der Waals surface area contributed by atoms with Gasteiger partial charge in [-0.2, -0.15) is 0 Å². The van der Waals surface area contributed by atoms with Crippen LogP contribution in [-0.2, 0) is 11.3 Å². The molecule has 74 valence electrons. The minimum Gasteiger partial charge on any atom is -0.385 e. The van der Waals surface area contributed by atoms with E-state index in [9.17, 15) is 0 Å². The van der Waals surface area contributed by atoms with Crippen molar-refractivity contribution in [3.05, 3.63) is 29.8 Å². The average molecular weight is 181 g/mol. The van der Waals surface area contributed by atoms with Crippen LogP contribution in [0.5, 0.6) is 0 Å². The van der Waals surface area contributed by atoms with Crippen LogP contribution in [0, 0.1) is 0 Å². The van der Waals surface area contributed by atoms with Crippen molar-refractivity contribution in [2.75, 3.05) is 18.5 Å². The zero-order valence-corrected chi connectivity index (χ0v) is 8.34. The number of nitrogens with one attached hydrogen (secondary N) is 1. The van der Waals surface area contributed by atoms with E-state index >= 15 is 0 Å². The van der Waals surface area contributed by atoms with Crippen molar-refractivity contribution < 1.29 is 6.16 Å². The van der Waals surface area contributed by atoms with E-state index in [1.807, 2.05) is 6.92 Å². The van der Waals surface area contributed by atoms with Gasteiger partial charge in [-0.15, -0.1) is 0 Å². The zero-order valence-electron chi connectivity index (χ0n) is 8.34. The number of hydrogen-bond donors (Lipinski definition) is 1. The predicted molar refractivity (Wildman–Crippen MR) is 58.0 cm³/mol. The number of ether oxygens (including phenoxy) is 1. The van der Waals surface area contributed by atoms with Crippen LogP contribution in [0.1, 0.15) is 20.8 Å². The summed E-state index contributed by atoms with van der Waals surface area (Å²) in [5.41, 5.74) is 2.39. The van der Waals surface area contributed by atoms with Gasteiger partial charge in [0, 0.05) is 20.3 Å². The van der Waals surface area contributed by atoms with Gasteiger partial charge in [0.25, 0.3) is 0 Å². The molecule has 0 amide bonds. The van der Waals surface area contributed by atoms with Gasteiger partial charge in [0.2, 0.25) is 0 Å². The first kappa shape index (κ1) is 10.1. The molecule has 0 atom stereocenters. The molecule has 0 fully saturated rings. The lowest BCUT2D eigenvalue weighted by Crippen LogP contribution is -1.97. The maximum atomic E-state index is 5.30. The summed E-state index contributed by atoms with van der Waals surface area (Å²) in [7, 11) is 0. The highest BCUT2D eigenvalue weighted by Crippen LogP contribution is 2.09. The molecule has 0 saturated carbocycles. The average Bonchev–Trinajstić information content (AvgIpc) is 2.17. The van der Waals surface area contributed by atoms with Crippen LogP contribution >= 0.6 is 0 Å². The number of rotatable bonds is 5. The molecule has 0 radical (unpaired) electrons. The molecule has 1 aromatic carbocycles. The third-order valence-corrected chi connectivity index (χ3v) is 1.81. The maximum Gasteiger partial charge on any atom is 0.0716 e. The Hall–Kier alpha value is -1.02. The quantitative estimate of drug-likeness (QED) is 0.754. The molecule has 0 bridgehead atoms. The molecule has 13 heavy (non-hydrogen) atoms. The summed E-state index contributed by atoms with van der Waals surface area (Å²) in [6.07, 6.45) is 0. The smallest absolute Gasteiger partial charge is 0.0716 e. The highest BCUT2D eigenvalue weighted by Gasteiger charge is 1.92. The molecule has 0 aliphatic rings. The standard InChI is InChI=1S/C11H17NO.H2/c1-3-12-11-7-5-10(6-8-11)9-13-4-2;/h5-8,12H,3-4,9H2,1-2H3;1H. The SMILES string of the molecule is CCNc1ccc(COCC)cc1.[HH]. The maximum absolute atomic E-state index is 5.30. The van der Waals surface area contributed by atoms with Crippen molar-refractivity contribution in [2.45, 2.75) is 20.5 Å². The Morgan fingerprint density at radius 1 is 1.23 bits per heavy atom. The van der Waals surface area contributed by atoms with E-state index in [-0.39, 0.29) is 1.43 Å². The molecule has 0 heterocycles. The van der Waals surface area contributed by atoms with E-state index in [0.29, 0.717) is 6.61 Å². The van der Waals surface area contributed by atoms with Crippen molar-refractivity contribution in [1.29, 1.82) is 0 Å². The van der Waals surface area contributed by atoms with Crippen molar-refractivity contribution in [1.82, 2.24) is 0 Å². The number of hydrogen-bond acceptors (Lipinski definition) is 2. The first-order valence-corrected chi connectivity index (χ1v) is 4.77. The highest BCUT2D eigenvalue weighted by atomic mass is 16.5. The molecule has 0 saturated heterocycles. The zero-order chi connectivity index (χ0) is 9.52. The summed E-state index contributed by atoms with van der Waals surface area (Å²) in [6.45, 7) is 6.55. The van der Waals surface area contributed by atoms with Gasteiger partial charge in [-0.1, -0.05) is 12.1 Å². The summed E-state index contributed by atoms with van der Waals surface area (Å²) in [5.74, 6) is 0. The minimum atomic E-state index is 0. The van der Waals surface area contributed by atoms with Crippen LogP contribution in [-0.4, -0.2) is 13.2 Å². The summed E-state index contributed by atoms with van der Waals surface area (Å²) in [6, 6.07) is 8.34. The molecular formula is C11H19NO. The van der Waals surface area contributed by atoms with E-state index in [1.54, 1.807) is 0 Å². The fourth-order valence-electron chi connectivity index (χ4n) is 1.14. The van der Waals surface area contributed by atoms with Crippen LogP contribution in [0.2, 0.25) is 0 Å². The van der Waals surface area contributed by atoms with E-state index < -0.39 is 0 Å². The van der Waals surface area contributed by atoms with Gasteiger partial charge in [-0.3, -0.25) is 0 Å². The van der Waals surface area contributed by atoms with Gasteiger partial charge in [0.05, 0.1) is 6.61 Å². The van der Waals surface area contributed by atoms with Crippen LogP contribution in [0.15, 0.2) is 24.3 Å². The monoisotopic (exact) mass is 181 g/mol. The molecule has 0 spiro atoms. The van der Waals surface area contributed by atoms with Gasteiger partial charge in [-0.25, -0.2) is 0 Å². The van der Waals surface area contributed by atoms with Crippen LogP contribution in [0.4, 0.5) is 5.69 Å². The van der Waals surface area contributed by atoms with Crippen LogP contribution in [0.3, 0.4) is 0 Å². The Morgan fingerprint density at radius 3 is 2.46 bits per heavy atom. The normalized spacial score (nSPS) is 10.0. The Morgan fingerprint density at radius 2 is 1.92 bits per heavy atom. The predicted octanol–water partition coefficient (Wildman–Crippen LogP) is 2.90. The van der Waals surface area contributed by atoms with Gasteiger partial charge in [-0.05, 0) is 31.5 Å². The molecule has 1 N–H and O–H groups in total. The second-order valence-electron chi connectivity index (χ2n) is 2.86. The van der Waals surface area contributed by atoms with E-state index in [1.165, 1.54) is 11.3 Å². The van der Waals surface area contributed by atoms with Crippen LogP contribution < -0.4 is 5.32 Å². The third-order valence-electron chi connectivity index (χ3n) is 1.81. The molecule has 2 heteroatoms. The van der Waals surface area contributed by atoms with Gasteiger partial charge < -0.3 is 10.1 Å². The fourth-order valence-corrected chi connectivity index (χ4v) is 1.14. The molecule has 0 aliphatic heterocycles. The second kappa shape index (κ2) is 5.60. The first-order chi connectivity index (χ1) is 6.36. The second-order valence-corrected chi connectivity index (χ2v) is 2.86. The first-order valence-electron chi connectivity index (χ1n) is 4.77. The van der Waals surface area contributed by atoms with Crippen LogP contribution in [0.25, 0.3) is 0 Å². The van der Waals surface area contributed by atoms with Gasteiger partial charge >= 0.3 is 0 Å². The molecular weight excluding hydrogens is 162 g/mol. The molecule has 0 unspecified atom stereocenters. The summed E-state index contributed by atoms with van der Waals surface area (Å²) >= 11 is 0. The molecule has 1 aromatic rings. The third kappa shape index (κ3) is 3.47. The van der Waals surface area contributed by atoms with Crippen molar-refractivity contribution in [2.24, 2.45) is 0 Å². The van der Waals surface area contributed by atoms with E-state index in [4.69, 9.17) is 4.74 Å². The molecule has 0 aromatic heterocycles. The topological polar surface area (TPSA) is 21.3 Å². The van der Waals surface area contributed by atoms with E-state index in [2.05, 4.69) is 36.5 Å². The van der Waals surface area contributed by atoms with Gasteiger partial charge in [0.1, 0.15) is 0 Å². The summed E-state index contributed by atoms with van der Waals surface area (Å²) in [4.78, 5) is 0. The lowest BCUT2D eigenvalue weighted by Gasteiger charge is -2.04. The number of benzene rings is 1. The minimum absolute atomic E-state index is 0. The summed E-state index contributed by atoms with van der Waals surface area (Å²) in [5, 5.41) is 3.25. The lowest BCUT2D eigenvalue weighted by molar-refractivity contribution is 0.134. The van der Waals surface area contributed by atoms with Crippen molar-refractivity contribution in [3.8, 4) is 0 Å². The lowest BCUT2D eigenvalue weighted by atomic mass is 10.2. The number of anilines is 1. The van der Waals surface area contributed by atoms with Crippen molar-refractivity contribution >= 4 is 5.69 Å². The Kier molecular flexibility index (Phi) is 4.33. The van der Waals surface area contributed by atoms with Crippen molar-refractivity contribution in [3.63, 3.8) is 0 Å². The molecule has 1 rings (SSSR count). The Balaban J connectivity index is 0.00000169. The fraction of sp³-hybridized carbons (Fsp3) is 0.455. The van der Waals surface area contributed by atoms with E-state index in [0.717, 1.165) is 13.2 Å². The largest absolute Gasteiger partial charge is 0.385 e. The molecule has 2 nitrogen and oxygen atoms in total. The Bertz CT molecular complexity index is 236. The van der Waals surface area contributed by atoms with Gasteiger partial charge in [0.15, 0.2) is 0 Å². The highest BCUT2D eigenvalue weighted by molar-refractivity contribution is 5.44. The summed E-state index contributed by atoms with van der Waals surface area (Å²) < 4.78 is 5.30. The Labute approximate surface area is 81.4 Å².